The van der Waals surface area contributed by atoms with E-state index in [0.29, 0.717) is 26.0 Å². The van der Waals surface area contributed by atoms with E-state index in [-0.39, 0.29) is 13.2 Å². The number of ether oxygens (including phenoxy) is 2. The Morgan fingerprint density at radius 2 is 1.74 bits per heavy atom. The van der Waals surface area contributed by atoms with Gasteiger partial charge in [0.2, 0.25) is 0 Å². The van der Waals surface area contributed by atoms with Crippen LogP contribution in [-0.2, 0) is 19.1 Å². The molecule has 0 amide bonds. The number of benzene rings is 1. The molecule has 0 atom stereocenters. The summed E-state index contributed by atoms with van der Waals surface area (Å²) in [5, 5.41) is 0. The van der Waals surface area contributed by atoms with E-state index in [4.69, 9.17) is 5.73 Å². The first-order chi connectivity index (χ1) is 9.19. The Morgan fingerprint density at radius 1 is 1.16 bits per heavy atom. The van der Waals surface area contributed by atoms with Crippen LogP contribution in [-0.4, -0.2) is 39.2 Å². The Kier molecular flexibility index (Phi) is 6.21. The van der Waals surface area contributed by atoms with Crippen LogP contribution in [0.2, 0.25) is 0 Å². The molecule has 0 saturated heterocycles. The second-order valence-corrected chi connectivity index (χ2v) is 3.96. The summed E-state index contributed by atoms with van der Waals surface area (Å²) in [4.78, 5) is 22.3. The molecule has 104 valence electrons. The Balaban J connectivity index is 2.71. The summed E-state index contributed by atoms with van der Waals surface area (Å²) in [5.41, 5.74) is 8.40. The molecule has 0 bridgehead atoms. The minimum atomic E-state index is 0.272. The number of nitrogens with zero attached hydrogens (tertiary/aromatic N) is 1. The van der Waals surface area contributed by atoms with E-state index in [2.05, 4.69) is 9.47 Å². The van der Waals surface area contributed by atoms with Crippen molar-refractivity contribution in [2.45, 2.75) is 6.92 Å². The molecule has 0 aromatic heterocycles. The van der Waals surface area contributed by atoms with Crippen LogP contribution in [0.1, 0.15) is 5.56 Å². The number of aryl methyl sites for hydroxylation is 1. The molecular formula is C13H18N2O4. The maximum atomic E-state index is 10.2. The van der Waals surface area contributed by atoms with Gasteiger partial charge >= 0.3 is 0 Å². The highest BCUT2D eigenvalue weighted by Crippen LogP contribution is 2.20. The van der Waals surface area contributed by atoms with Crippen LogP contribution in [0.5, 0.6) is 0 Å². The van der Waals surface area contributed by atoms with E-state index >= 15 is 0 Å². The van der Waals surface area contributed by atoms with Gasteiger partial charge in [-0.1, -0.05) is 0 Å². The quantitative estimate of drug-likeness (QED) is 0.403. The molecule has 0 aliphatic rings. The van der Waals surface area contributed by atoms with Crippen molar-refractivity contribution >= 4 is 24.3 Å². The normalized spacial score (nSPS) is 9.74. The Bertz CT molecular complexity index is 409. The van der Waals surface area contributed by atoms with Gasteiger partial charge in [0.1, 0.15) is 13.2 Å². The highest BCUT2D eigenvalue weighted by Gasteiger charge is 2.08. The Morgan fingerprint density at radius 3 is 2.21 bits per heavy atom. The van der Waals surface area contributed by atoms with Gasteiger partial charge in [-0.15, -0.1) is 0 Å². The zero-order chi connectivity index (χ0) is 14.1. The summed E-state index contributed by atoms with van der Waals surface area (Å²) >= 11 is 0. The first-order valence-corrected chi connectivity index (χ1v) is 5.90. The van der Waals surface area contributed by atoms with Crippen molar-refractivity contribution < 1.29 is 19.1 Å². The second kappa shape index (κ2) is 7.97. The molecule has 0 heterocycles. The van der Waals surface area contributed by atoms with Crippen molar-refractivity contribution in [2.75, 3.05) is 36.9 Å². The average molecular weight is 266 g/mol. The topological polar surface area (TPSA) is 81.9 Å². The predicted molar refractivity (Wildman–Crippen MR) is 71.8 cm³/mol. The first kappa shape index (κ1) is 14.8. The lowest BCUT2D eigenvalue weighted by atomic mass is 10.1. The molecule has 2 N–H and O–H groups in total. The third kappa shape index (κ3) is 4.87. The number of carbonyl (C=O) groups is 2. The molecule has 0 radical (unpaired) electrons. The summed E-state index contributed by atoms with van der Waals surface area (Å²) in [5.74, 6) is 0. The van der Waals surface area contributed by atoms with Gasteiger partial charge in [-0.3, -0.25) is 9.59 Å². The van der Waals surface area contributed by atoms with Gasteiger partial charge in [0.05, 0.1) is 13.1 Å². The molecule has 1 aromatic carbocycles. The number of carbonyl (C=O) groups excluding carboxylic acids is 2. The standard InChI is InChI=1S/C13H18N2O4/c1-11-8-12(2-3-13(11)14)15(4-6-18-9-16)5-7-19-10-17/h2-3,8-10H,4-7,14H2,1H3. The Labute approximate surface area is 112 Å². The fourth-order valence-corrected chi connectivity index (χ4v) is 1.65. The van der Waals surface area contributed by atoms with Crippen molar-refractivity contribution in [3.05, 3.63) is 23.8 Å². The van der Waals surface area contributed by atoms with Crippen molar-refractivity contribution in [2.24, 2.45) is 0 Å². The molecule has 0 saturated carbocycles. The number of nitrogen functional groups attached to an aromatic ring is 1. The number of nitrogens with two attached hydrogens (primary N) is 1. The molecular weight excluding hydrogens is 248 g/mol. The fourth-order valence-electron chi connectivity index (χ4n) is 1.65. The molecule has 0 aliphatic heterocycles. The van der Waals surface area contributed by atoms with Crippen LogP contribution in [0, 0.1) is 6.92 Å². The number of hydrogen-bond donors (Lipinski definition) is 1. The van der Waals surface area contributed by atoms with Crippen LogP contribution in [0.4, 0.5) is 11.4 Å². The highest BCUT2D eigenvalue weighted by molar-refractivity contribution is 5.58. The monoisotopic (exact) mass is 266 g/mol. The average Bonchev–Trinajstić information content (AvgIpc) is 2.41. The predicted octanol–water partition coefficient (Wildman–Crippen LogP) is 0.730. The summed E-state index contributed by atoms with van der Waals surface area (Å²) in [6.07, 6.45) is 0. The van der Waals surface area contributed by atoms with Gasteiger partial charge in [-0.25, -0.2) is 0 Å². The number of rotatable bonds is 9. The lowest BCUT2D eigenvalue weighted by Crippen LogP contribution is -2.31. The lowest BCUT2D eigenvalue weighted by Gasteiger charge is -2.24. The van der Waals surface area contributed by atoms with E-state index < -0.39 is 0 Å². The first-order valence-electron chi connectivity index (χ1n) is 5.90. The Hall–Kier alpha value is -2.24. The highest BCUT2D eigenvalue weighted by atomic mass is 16.5. The minimum Gasteiger partial charge on any atom is -0.466 e. The smallest absolute Gasteiger partial charge is 0.293 e. The number of anilines is 2. The molecule has 0 spiro atoms. The fraction of sp³-hybridized carbons (Fsp3) is 0.385. The van der Waals surface area contributed by atoms with Gasteiger partial charge in [0, 0.05) is 11.4 Å². The van der Waals surface area contributed by atoms with E-state index in [9.17, 15) is 9.59 Å². The zero-order valence-electron chi connectivity index (χ0n) is 10.9. The van der Waals surface area contributed by atoms with Crippen molar-refractivity contribution in [1.82, 2.24) is 0 Å². The largest absolute Gasteiger partial charge is 0.466 e. The van der Waals surface area contributed by atoms with Crippen LogP contribution in [0.3, 0.4) is 0 Å². The van der Waals surface area contributed by atoms with Crippen molar-refractivity contribution in [3.63, 3.8) is 0 Å². The van der Waals surface area contributed by atoms with Gasteiger partial charge in [-0.05, 0) is 30.7 Å². The molecule has 1 aromatic rings. The molecule has 0 fully saturated rings. The maximum absolute atomic E-state index is 10.2. The van der Waals surface area contributed by atoms with Crippen LogP contribution in [0.25, 0.3) is 0 Å². The van der Waals surface area contributed by atoms with Gasteiger partial charge in [-0.2, -0.15) is 0 Å². The molecule has 6 heteroatoms. The van der Waals surface area contributed by atoms with Crippen LogP contribution >= 0.6 is 0 Å². The van der Waals surface area contributed by atoms with Crippen molar-refractivity contribution in [1.29, 1.82) is 0 Å². The third-order valence-electron chi connectivity index (χ3n) is 2.71. The van der Waals surface area contributed by atoms with E-state index in [1.54, 1.807) is 0 Å². The SMILES string of the molecule is Cc1cc(N(CCOC=O)CCOC=O)ccc1N. The van der Waals surface area contributed by atoms with Crippen molar-refractivity contribution in [3.8, 4) is 0 Å². The van der Waals surface area contributed by atoms with E-state index in [1.165, 1.54) is 0 Å². The molecule has 1 rings (SSSR count). The summed E-state index contributed by atoms with van der Waals surface area (Å²) in [7, 11) is 0. The third-order valence-corrected chi connectivity index (χ3v) is 2.71. The summed E-state index contributed by atoms with van der Waals surface area (Å²) in [6, 6.07) is 5.64. The van der Waals surface area contributed by atoms with Crippen LogP contribution in [0.15, 0.2) is 18.2 Å². The minimum absolute atomic E-state index is 0.272. The molecule has 6 nitrogen and oxygen atoms in total. The molecule has 19 heavy (non-hydrogen) atoms. The number of hydrogen-bond acceptors (Lipinski definition) is 6. The zero-order valence-corrected chi connectivity index (χ0v) is 10.9. The van der Waals surface area contributed by atoms with E-state index in [1.807, 2.05) is 30.0 Å². The summed E-state index contributed by atoms with van der Waals surface area (Å²) in [6.45, 7) is 4.32. The van der Waals surface area contributed by atoms with Gasteiger partial charge in [0.15, 0.2) is 0 Å². The lowest BCUT2D eigenvalue weighted by molar-refractivity contribution is -0.128. The maximum Gasteiger partial charge on any atom is 0.293 e. The second-order valence-electron chi connectivity index (χ2n) is 3.96. The molecule has 0 aliphatic carbocycles. The van der Waals surface area contributed by atoms with Crippen LogP contribution < -0.4 is 10.6 Å². The van der Waals surface area contributed by atoms with Gasteiger partial charge < -0.3 is 20.1 Å². The van der Waals surface area contributed by atoms with Gasteiger partial charge in [0.25, 0.3) is 12.9 Å². The molecule has 0 unspecified atom stereocenters. The van der Waals surface area contributed by atoms with E-state index in [0.717, 1.165) is 16.9 Å². The summed E-state index contributed by atoms with van der Waals surface area (Å²) < 4.78 is 9.38.